The minimum Gasteiger partial charge on any atom is -0.481 e. The normalized spacial score (nSPS) is 19.3. The summed E-state index contributed by atoms with van der Waals surface area (Å²) in [6.07, 6.45) is 8.74. The minimum absolute atomic E-state index is 0.0162. The second-order valence-corrected chi connectivity index (χ2v) is 8.32. The zero-order valence-electron chi connectivity index (χ0n) is 17.1. The molecule has 1 atom stereocenters. The van der Waals surface area contributed by atoms with Gasteiger partial charge in [0.05, 0.1) is 0 Å². The van der Waals surface area contributed by atoms with Crippen LogP contribution in [0.1, 0.15) is 63.5 Å². The Balaban J connectivity index is 1.41. The summed E-state index contributed by atoms with van der Waals surface area (Å²) in [5.41, 5.74) is 2.84. The van der Waals surface area contributed by atoms with Crippen molar-refractivity contribution in [3.63, 3.8) is 0 Å². The molecular formula is C23H36N2O2. The fourth-order valence-electron chi connectivity index (χ4n) is 4.18. The number of hydrogen-bond donors (Lipinski definition) is 1. The molecule has 150 valence electrons. The number of benzene rings is 1. The van der Waals surface area contributed by atoms with Gasteiger partial charge in [-0.1, -0.05) is 19.9 Å². The third-order valence-corrected chi connectivity index (χ3v) is 6.09. The molecule has 0 saturated carbocycles. The van der Waals surface area contributed by atoms with Gasteiger partial charge >= 0.3 is 0 Å². The first-order valence-electron chi connectivity index (χ1n) is 10.9. The summed E-state index contributed by atoms with van der Waals surface area (Å²) in [7, 11) is 0. The van der Waals surface area contributed by atoms with Gasteiger partial charge in [0.25, 0.3) is 5.91 Å². The number of amides is 1. The van der Waals surface area contributed by atoms with E-state index in [4.69, 9.17) is 4.74 Å². The number of carbonyl (C=O) groups is 1. The lowest BCUT2D eigenvalue weighted by molar-refractivity contribution is -0.128. The molecule has 1 aliphatic carbocycles. The zero-order chi connectivity index (χ0) is 19.1. The van der Waals surface area contributed by atoms with E-state index in [0.717, 1.165) is 37.6 Å². The van der Waals surface area contributed by atoms with Crippen LogP contribution in [-0.4, -0.2) is 43.1 Å². The first-order chi connectivity index (χ1) is 13.2. The number of carbonyl (C=O) groups excluding carboxylic acids is 1. The number of aryl methyl sites for hydroxylation is 2. The van der Waals surface area contributed by atoms with Crippen LogP contribution in [0.4, 0.5) is 0 Å². The largest absolute Gasteiger partial charge is 0.481 e. The Morgan fingerprint density at radius 2 is 1.96 bits per heavy atom. The molecule has 1 aliphatic heterocycles. The second-order valence-electron chi connectivity index (χ2n) is 8.32. The van der Waals surface area contributed by atoms with Gasteiger partial charge in [0.1, 0.15) is 5.75 Å². The number of fused-ring (bicyclic) bond motifs is 1. The third-order valence-electron chi connectivity index (χ3n) is 6.09. The van der Waals surface area contributed by atoms with Crippen molar-refractivity contribution in [3.05, 3.63) is 29.3 Å². The van der Waals surface area contributed by atoms with Crippen molar-refractivity contribution < 1.29 is 9.53 Å². The summed E-state index contributed by atoms with van der Waals surface area (Å²) in [4.78, 5) is 15.0. The Hall–Kier alpha value is -1.55. The number of hydrogen-bond acceptors (Lipinski definition) is 3. The maximum Gasteiger partial charge on any atom is 0.261 e. The van der Waals surface area contributed by atoms with Crippen LogP contribution in [0.5, 0.6) is 5.75 Å². The van der Waals surface area contributed by atoms with Crippen molar-refractivity contribution in [2.45, 2.75) is 71.3 Å². The first kappa shape index (κ1) is 20.2. The van der Waals surface area contributed by atoms with Gasteiger partial charge in [-0.3, -0.25) is 4.79 Å². The van der Waals surface area contributed by atoms with E-state index in [2.05, 4.69) is 29.3 Å². The van der Waals surface area contributed by atoms with Crippen LogP contribution in [0.15, 0.2) is 18.2 Å². The predicted octanol–water partition coefficient (Wildman–Crippen LogP) is 3.96. The summed E-state index contributed by atoms with van der Waals surface area (Å²) >= 11 is 0. The molecule has 1 saturated heterocycles. The van der Waals surface area contributed by atoms with Crippen molar-refractivity contribution in [1.29, 1.82) is 0 Å². The Labute approximate surface area is 164 Å². The summed E-state index contributed by atoms with van der Waals surface area (Å²) in [6, 6.07) is 6.34. The number of nitrogens with zero attached hydrogens (tertiary/aromatic N) is 1. The smallest absolute Gasteiger partial charge is 0.261 e. The van der Waals surface area contributed by atoms with E-state index in [0.29, 0.717) is 6.42 Å². The number of ether oxygens (including phenoxy) is 1. The van der Waals surface area contributed by atoms with Crippen molar-refractivity contribution in [1.82, 2.24) is 10.2 Å². The molecule has 1 heterocycles. The molecular weight excluding hydrogens is 336 g/mol. The zero-order valence-corrected chi connectivity index (χ0v) is 17.1. The summed E-state index contributed by atoms with van der Waals surface area (Å²) in [5, 5.41) is 3.07. The predicted molar refractivity (Wildman–Crippen MR) is 110 cm³/mol. The van der Waals surface area contributed by atoms with Crippen LogP contribution in [0.25, 0.3) is 0 Å². The minimum atomic E-state index is -0.400. The first-order valence-corrected chi connectivity index (χ1v) is 10.9. The van der Waals surface area contributed by atoms with E-state index in [1.807, 2.05) is 13.0 Å². The SMILES string of the molecule is CCC(Oc1ccc2c(c1)CCCC2)C(=O)NCCCN1CCC(C)CC1. The van der Waals surface area contributed by atoms with Gasteiger partial charge < -0.3 is 15.0 Å². The summed E-state index contributed by atoms with van der Waals surface area (Å²) in [6.45, 7) is 8.56. The molecule has 4 nitrogen and oxygen atoms in total. The molecule has 0 aromatic heterocycles. The molecule has 1 aromatic rings. The van der Waals surface area contributed by atoms with Gasteiger partial charge in [0.2, 0.25) is 0 Å². The van der Waals surface area contributed by atoms with Crippen LogP contribution in [-0.2, 0) is 17.6 Å². The van der Waals surface area contributed by atoms with Gasteiger partial charge in [-0.05, 0) is 100 Å². The van der Waals surface area contributed by atoms with Gasteiger partial charge in [-0.25, -0.2) is 0 Å². The van der Waals surface area contributed by atoms with E-state index in [1.54, 1.807) is 0 Å². The Morgan fingerprint density at radius 3 is 2.70 bits per heavy atom. The van der Waals surface area contributed by atoms with E-state index in [-0.39, 0.29) is 5.91 Å². The Morgan fingerprint density at radius 1 is 1.22 bits per heavy atom. The molecule has 1 unspecified atom stereocenters. The van der Waals surface area contributed by atoms with Gasteiger partial charge in [-0.2, -0.15) is 0 Å². The number of piperidine rings is 1. The Bertz CT molecular complexity index is 608. The van der Waals surface area contributed by atoms with Gasteiger partial charge in [-0.15, -0.1) is 0 Å². The van der Waals surface area contributed by atoms with Gasteiger partial charge in [0, 0.05) is 6.54 Å². The number of rotatable bonds is 8. The van der Waals surface area contributed by atoms with E-state index in [1.165, 1.54) is 56.3 Å². The molecule has 0 radical (unpaired) electrons. The fourth-order valence-corrected chi connectivity index (χ4v) is 4.18. The van der Waals surface area contributed by atoms with E-state index >= 15 is 0 Å². The lowest BCUT2D eigenvalue weighted by Crippen LogP contribution is -2.40. The third kappa shape index (κ3) is 5.97. The highest BCUT2D eigenvalue weighted by atomic mass is 16.5. The maximum absolute atomic E-state index is 12.5. The topological polar surface area (TPSA) is 41.6 Å². The number of likely N-dealkylation sites (tertiary alicyclic amines) is 1. The second kappa shape index (κ2) is 10.1. The van der Waals surface area contributed by atoms with Crippen molar-refractivity contribution in [2.75, 3.05) is 26.2 Å². The van der Waals surface area contributed by atoms with Gasteiger partial charge in [0.15, 0.2) is 6.10 Å². The maximum atomic E-state index is 12.5. The van der Waals surface area contributed by atoms with Crippen molar-refractivity contribution in [2.24, 2.45) is 5.92 Å². The highest BCUT2D eigenvalue weighted by Crippen LogP contribution is 2.26. The monoisotopic (exact) mass is 372 g/mol. The summed E-state index contributed by atoms with van der Waals surface area (Å²) in [5.74, 6) is 1.72. The Kier molecular flexibility index (Phi) is 7.57. The molecule has 1 fully saturated rings. The van der Waals surface area contributed by atoms with Crippen molar-refractivity contribution >= 4 is 5.91 Å². The van der Waals surface area contributed by atoms with Crippen LogP contribution >= 0.6 is 0 Å². The number of nitrogens with one attached hydrogen (secondary N) is 1. The fraction of sp³-hybridized carbons (Fsp3) is 0.696. The molecule has 3 rings (SSSR count). The molecule has 2 aliphatic rings. The lowest BCUT2D eigenvalue weighted by atomic mass is 9.92. The average Bonchev–Trinajstić information content (AvgIpc) is 2.70. The van der Waals surface area contributed by atoms with E-state index in [9.17, 15) is 4.79 Å². The molecule has 0 bridgehead atoms. The van der Waals surface area contributed by atoms with Crippen LogP contribution in [0, 0.1) is 5.92 Å². The molecule has 1 amide bonds. The highest BCUT2D eigenvalue weighted by molar-refractivity contribution is 5.81. The molecule has 27 heavy (non-hydrogen) atoms. The molecule has 1 N–H and O–H groups in total. The molecule has 4 heteroatoms. The average molecular weight is 373 g/mol. The standard InChI is InChI=1S/C23H36N2O2/c1-3-22(27-21-10-9-19-7-4-5-8-20(19)17-21)23(26)24-13-6-14-25-15-11-18(2)12-16-25/h9-10,17-18,22H,3-8,11-16H2,1-2H3,(H,24,26). The van der Waals surface area contributed by atoms with Crippen LogP contribution in [0.3, 0.4) is 0 Å². The molecule has 0 spiro atoms. The molecule has 1 aromatic carbocycles. The van der Waals surface area contributed by atoms with Crippen LogP contribution in [0.2, 0.25) is 0 Å². The van der Waals surface area contributed by atoms with Crippen molar-refractivity contribution in [3.8, 4) is 5.75 Å². The highest BCUT2D eigenvalue weighted by Gasteiger charge is 2.20. The summed E-state index contributed by atoms with van der Waals surface area (Å²) < 4.78 is 6.03. The lowest BCUT2D eigenvalue weighted by Gasteiger charge is -2.30. The van der Waals surface area contributed by atoms with Crippen LogP contribution < -0.4 is 10.1 Å². The van der Waals surface area contributed by atoms with E-state index < -0.39 is 6.10 Å². The quantitative estimate of drug-likeness (QED) is 0.702.